The lowest BCUT2D eigenvalue weighted by atomic mass is 9.96. The van der Waals surface area contributed by atoms with Gasteiger partial charge < -0.3 is 97.3 Å². The Kier molecular flexibility index (Phi) is 38.3. The Labute approximate surface area is 689 Å². The van der Waals surface area contributed by atoms with Crippen LogP contribution in [0.25, 0.3) is 0 Å². The summed E-state index contributed by atoms with van der Waals surface area (Å²) < 4.78 is 97.8. The molecule has 5 aromatic carbocycles. The number of benzene rings is 5. The number of rotatable bonds is 22. The highest BCUT2D eigenvalue weighted by Crippen LogP contribution is 2.36. The van der Waals surface area contributed by atoms with Gasteiger partial charge in [-0.25, -0.2) is 61.3 Å². The van der Waals surface area contributed by atoms with Gasteiger partial charge in [0.25, 0.3) is 0 Å². The number of ether oxygens (including phenoxy) is 9. The molecular formula is C79H84BrF4N13O23. The second kappa shape index (κ2) is 46.9. The third kappa shape index (κ3) is 30.3. The maximum Gasteiger partial charge on any atom is 0.364 e. The highest BCUT2D eigenvalue weighted by molar-refractivity contribution is 9.10. The summed E-state index contributed by atoms with van der Waals surface area (Å²) in [4.78, 5) is 117. The minimum absolute atomic E-state index is 0.00866. The van der Waals surface area contributed by atoms with Gasteiger partial charge in [-0.1, -0.05) is 60.7 Å². The van der Waals surface area contributed by atoms with E-state index in [1.54, 1.807) is 27.7 Å². The molecule has 0 bridgehead atoms. The predicted molar refractivity (Wildman–Crippen MR) is 431 cm³/mol. The van der Waals surface area contributed by atoms with E-state index in [1.165, 1.54) is 94.4 Å². The molecule has 16 N–H and O–H groups in total. The zero-order valence-corrected chi connectivity index (χ0v) is 67.4. The van der Waals surface area contributed by atoms with E-state index in [4.69, 9.17) is 63.2 Å². The van der Waals surface area contributed by atoms with E-state index in [-0.39, 0.29) is 154 Å². The highest BCUT2D eigenvalue weighted by Gasteiger charge is 2.28. The van der Waals surface area contributed by atoms with E-state index in [0.29, 0.717) is 16.4 Å². The summed E-state index contributed by atoms with van der Waals surface area (Å²) >= 11 is 3.02. The van der Waals surface area contributed by atoms with Crippen LogP contribution in [0.3, 0.4) is 0 Å². The minimum atomic E-state index is -1.28. The predicted octanol–water partition coefficient (Wildman–Crippen LogP) is 12.1. The number of pyridine rings is 5. The Balaban J connectivity index is 0.000000302. The van der Waals surface area contributed by atoms with Crippen molar-refractivity contribution in [2.24, 2.45) is 0 Å². The van der Waals surface area contributed by atoms with Gasteiger partial charge in [0.2, 0.25) is 34.6 Å². The third-order valence-corrected chi connectivity index (χ3v) is 15.2. The van der Waals surface area contributed by atoms with Gasteiger partial charge in [0.05, 0.1) is 102 Å². The summed E-state index contributed by atoms with van der Waals surface area (Å²) in [5.41, 5.74) is 31.9. The Morgan fingerprint density at radius 3 is 1.37 bits per heavy atom. The molecule has 10 aromatic rings. The van der Waals surface area contributed by atoms with E-state index < -0.39 is 85.8 Å². The van der Waals surface area contributed by atoms with E-state index in [2.05, 4.69) is 59.8 Å². The van der Waals surface area contributed by atoms with Crippen LogP contribution in [0.4, 0.5) is 63.1 Å². The molecule has 0 amide bonds. The van der Waals surface area contributed by atoms with Gasteiger partial charge in [-0.2, -0.15) is 4.98 Å². The van der Waals surface area contributed by atoms with Crippen LogP contribution < -0.4 is 54.2 Å². The number of aliphatic hydroxyl groups is 3. The number of carbonyl (C=O) groups excluding carboxylic acids is 6. The topological polar surface area (TPSA) is 573 Å². The molecule has 36 nitrogen and oxygen atoms in total. The zero-order chi connectivity index (χ0) is 89.9. The SMILES string of the molecule is CC(C)(O)c1cc(F)c(Oc2ccc(N)c(C(C)(C)O)n2)cc1N.CCOC(=O)c1[nH]c(=O)ccc1N.CCOC(=O)c1nc(Br)ccc1[N+](=O)[O-].CCOC(=O)c1nc(OCc2ccccc2)ccc1[N+](=O)[O-].CCOC(=O)c1nc(Oc2cc(N)c(C(=O)OC)cc2F)ccc1N.COC(=O)c1cc(F)c(F)cc1N.OCc1ccccc1. The first-order valence-electron chi connectivity index (χ1n) is 35.0. The lowest BCUT2D eigenvalue weighted by Crippen LogP contribution is -2.20. The second-order valence-corrected chi connectivity index (χ2v) is 25.4. The van der Waals surface area contributed by atoms with Crippen molar-refractivity contribution >= 4 is 97.2 Å². The number of methoxy groups -OCH3 is 2. The first kappa shape index (κ1) is 97.9. The summed E-state index contributed by atoms with van der Waals surface area (Å²) in [5, 5.41) is 50.1. The van der Waals surface area contributed by atoms with Crippen LogP contribution in [-0.2, 0) is 52.8 Å². The summed E-state index contributed by atoms with van der Waals surface area (Å²) in [6.07, 6.45) is 0. The fourth-order valence-corrected chi connectivity index (χ4v) is 9.47. The molecule has 0 fully saturated rings. The van der Waals surface area contributed by atoms with Crippen molar-refractivity contribution in [2.45, 2.75) is 79.8 Å². The number of nitrogens with one attached hydrogen (secondary N) is 1. The molecule has 638 valence electrons. The van der Waals surface area contributed by atoms with Crippen molar-refractivity contribution in [3.63, 3.8) is 0 Å². The molecule has 0 aliphatic rings. The largest absolute Gasteiger partial charge is 0.473 e. The number of anilines is 6. The van der Waals surface area contributed by atoms with Crippen LogP contribution in [0, 0.1) is 43.5 Å². The van der Waals surface area contributed by atoms with Crippen molar-refractivity contribution in [2.75, 3.05) is 75.0 Å². The number of nitrogens with zero attached hydrogens (tertiary/aromatic N) is 6. The molecule has 0 unspecified atom stereocenters. The summed E-state index contributed by atoms with van der Waals surface area (Å²) in [6.45, 7) is 13.6. The number of halogens is 5. The molecule has 0 radical (unpaired) electrons. The minimum Gasteiger partial charge on any atom is -0.473 e. The smallest absolute Gasteiger partial charge is 0.364 e. The molecule has 120 heavy (non-hydrogen) atoms. The van der Waals surface area contributed by atoms with Crippen molar-refractivity contribution < 1.29 is 114 Å². The van der Waals surface area contributed by atoms with Crippen molar-refractivity contribution in [3.05, 3.63) is 272 Å². The third-order valence-electron chi connectivity index (χ3n) is 14.8. The average Bonchev–Trinajstić information content (AvgIpc) is 0.739. The number of hydrogen-bond acceptors (Lipinski definition) is 33. The molecule has 5 aromatic heterocycles. The standard InChI is InChI=1S/C17H22FN3O3.C16H16FN3O5.C15H14N2O5.C8H7BrN2O4.C8H7F2NO2.C8H10N2O3.C7H8O/c1-16(2,22)9-7-10(18)13(8-12(9)20)24-14-6-5-11(19)15(21-14)17(3,4)23;1-3-24-16(22)14-10(18)4-5-13(20-14)25-12-7-11(19)8(6-9(12)17)15(21)23-2;1-2-21-15(18)14-12(17(19)20)8-9-13(16-14)22-10-11-6-4-3-5-7-11;1-2-15-8(12)7-5(11(13)14)3-4-6(9)10-7;1-13-8(12)4-2-5(9)6(10)3-7(4)11;1-2-13-8(12)7-5(9)3-4-6(11)10-7;8-6-7-4-2-1-3-5-7/h5-8,22-23H,19-20H2,1-4H3;4-7H,3,18-19H2,1-2H3;3-9H,2,10H2,1H3;3-4H,2H2,1H3;2-3H,11H2,1H3;3-4H,2,9H2,1H3,(H,10,11);1-5,8H,6H2. The van der Waals surface area contributed by atoms with Crippen LogP contribution in [0.2, 0.25) is 0 Å². The number of aromatic amines is 1. The number of hydrogen-bond donors (Lipinski definition) is 10. The van der Waals surface area contributed by atoms with Crippen LogP contribution in [-0.4, -0.2) is 127 Å². The Bertz CT molecular complexity index is 5300. The Morgan fingerprint density at radius 1 is 0.467 bits per heavy atom. The first-order valence-corrected chi connectivity index (χ1v) is 35.8. The van der Waals surface area contributed by atoms with Gasteiger partial charge in [0.15, 0.2) is 46.2 Å². The van der Waals surface area contributed by atoms with Gasteiger partial charge in [0.1, 0.15) is 16.8 Å². The van der Waals surface area contributed by atoms with Gasteiger partial charge in [0, 0.05) is 71.5 Å². The van der Waals surface area contributed by atoms with Crippen molar-refractivity contribution in [1.29, 1.82) is 0 Å². The Morgan fingerprint density at radius 2 is 0.883 bits per heavy atom. The number of nitrogen functional groups attached to an aromatic ring is 6. The molecule has 0 aliphatic heterocycles. The van der Waals surface area contributed by atoms with Gasteiger partial charge >= 0.3 is 47.2 Å². The number of nitro groups is 2. The molecule has 0 spiro atoms. The molecule has 5 heterocycles. The molecule has 0 atom stereocenters. The fourth-order valence-electron chi connectivity index (χ4n) is 9.17. The lowest BCUT2D eigenvalue weighted by Gasteiger charge is -2.21. The number of aromatic nitrogens is 5. The van der Waals surface area contributed by atoms with Crippen LogP contribution in [0.5, 0.6) is 29.1 Å². The van der Waals surface area contributed by atoms with Crippen molar-refractivity contribution in [3.8, 4) is 29.1 Å². The first-order chi connectivity index (χ1) is 56.6. The zero-order valence-electron chi connectivity index (χ0n) is 65.8. The lowest BCUT2D eigenvalue weighted by molar-refractivity contribution is -0.385. The van der Waals surface area contributed by atoms with E-state index in [1.807, 2.05) is 60.7 Å². The van der Waals surface area contributed by atoms with Crippen molar-refractivity contribution in [1.82, 2.24) is 24.9 Å². The molecule has 0 saturated carbocycles. The monoisotopic (exact) mass is 1740 g/mol. The van der Waals surface area contributed by atoms with Crippen LogP contribution in [0.15, 0.2) is 167 Å². The highest BCUT2D eigenvalue weighted by atomic mass is 79.9. The average molecular weight is 1740 g/mol. The van der Waals surface area contributed by atoms with E-state index in [0.717, 1.165) is 49.6 Å². The number of esters is 6. The van der Waals surface area contributed by atoms with Gasteiger partial charge in [-0.15, -0.1) is 0 Å². The van der Waals surface area contributed by atoms with E-state index in [9.17, 15) is 81.6 Å². The number of carbonyl (C=O) groups is 6. The molecule has 0 aliphatic carbocycles. The summed E-state index contributed by atoms with van der Waals surface area (Å²) in [7, 11) is 2.28. The quantitative estimate of drug-likeness (QED) is 0.00573. The number of H-pyrrole nitrogens is 1. The van der Waals surface area contributed by atoms with Crippen LogP contribution >= 0.6 is 15.9 Å². The van der Waals surface area contributed by atoms with Gasteiger partial charge in [-0.3, -0.25) is 25.0 Å². The summed E-state index contributed by atoms with van der Waals surface area (Å²) in [5.74, 6) is -8.66. The molecular weight excluding hydrogens is 1650 g/mol. The van der Waals surface area contributed by atoms with Gasteiger partial charge in [-0.05, 0) is 125 Å². The molecule has 10 rings (SSSR count). The molecule has 0 saturated heterocycles. The number of aliphatic hydroxyl groups excluding tert-OH is 1. The van der Waals surface area contributed by atoms with E-state index >= 15 is 0 Å². The summed E-state index contributed by atoms with van der Waals surface area (Å²) in [6, 6.07) is 38.2. The fraction of sp³-hybridized carbons (Fsp3) is 0.228. The Hall–Kier alpha value is -14.5. The molecule has 41 heteroatoms. The maximum atomic E-state index is 14.3. The maximum absolute atomic E-state index is 14.3. The van der Waals surface area contributed by atoms with Crippen LogP contribution in [0.1, 0.15) is 140 Å². The second-order valence-electron chi connectivity index (χ2n) is 24.6. The number of nitrogens with two attached hydrogens (primary N) is 6. The normalized spacial score (nSPS) is 10.3.